The van der Waals surface area contributed by atoms with Gasteiger partial charge in [-0.1, -0.05) is 13.8 Å². The SMILES string of the molecule is CCc1ccc([C@@H]2C[C@@H](C)CCN2S(=O)(=O)C[C@H]2CCOC2)o1. The van der Waals surface area contributed by atoms with Crippen LogP contribution in [-0.2, 0) is 21.2 Å². The van der Waals surface area contributed by atoms with E-state index in [1.54, 1.807) is 4.31 Å². The normalized spacial score (nSPS) is 29.9. The first-order valence-corrected chi connectivity index (χ1v) is 10.3. The molecule has 3 atom stereocenters. The average Bonchev–Trinajstić information content (AvgIpc) is 3.17. The predicted octanol–water partition coefficient (Wildman–Crippen LogP) is 2.98. The van der Waals surface area contributed by atoms with Crippen LogP contribution in [0.15, 0.2) is 16.5 Å². The zero-order chi connectivity index (χ0) is 16.4. The Morgan fingerprint density at radius 3 is 2.78 bits per heavy atom. The van der Waals surface area contributed by atoms with E-state index in [2.05, 4.69) is 6.92 Å². The Hall–Kier alpha value is -0.850. The van der Waals surface area contributed by atoms with E-state index in [1.165, 1.54) is 0 Å². The lowest BCUT2D eigenvalue weighted by Gasteiger charge is -2.36. The van der Waals surface area contributed by atoms with Crippen LogP contribution in [0.4, 0.5) is 0 Å². The van der Waals surface area contributed by atoms with E-state index < -0.39 is 10.0 Å². The highest BCUT2D eigenvalue weighted by molar-refractivity contribution is 7.89. The van der Waals surface area contributed by atoms with Crippen molar-refractivity contribution in [1.82, 2.24) is 4.31 Å². The van der Waals surface area contributed by atoms with E-state index in [-0.39, 0.29) is 17.7 Å². The Morgan fingerprint density at radius 1 is 1.30 bits per heavy atom. The molecule has 6 heteroatoms. The van der Waals surface area contributed by atoms with Crippen molar-refractivity contribution >= 4 is 10.0 Å². The molecular weight excluding hydrogens is 314 g/mol. The number of nitrogens with zero attached hydrogens (tertiary/aromatic N) is 1. The third-order valence-corrected chi connectivity index (χ3v) is 7.05. The van der Waals surface area contributed by atoms with E-state index in [4.69, 9.17) is 9.15 Å². The number of aryl methyl sites for hydroxylation is 1. The summed E-state index contributed by atoms with van der Waals surface area (Å²) < 4.78 is 38.8. The van der Waals surface area contributed by atoms with Gasteiger partial charge in [0.2, 0.25) is 10.0 Å². The molecule has 3 rings (SSSR count). The van der Waals surface area contributed by atoms with Gasteiger partial charge < -0.3 is 9.15 Å². The lowest BCUT2D eigenvalue weighted by atomic mass is 9.93. The molecule has 2 fully saturated rings. The van der Waals surface area contributed by atoms with Crippen LogP contribution >= 0.6 is 0 Å². The van der Waals surface area contributed by atoms with Crippen LogP contribution in [-0.4, -0.2) is 38.2 Å². The topological polar surface area (TPSA) is 59.8 Å². The van der Waals surface area contributed by atoms with Crippen LogP contribution in [0.5, 0.6) is 0 Å². The van der Waals surface area contributed by atoms with E-state index in [1.807, 2.05) is 19.1 Å². The van der Waals surface area contributed by atoms with Gasteiger partial charge in [-0.2, -0.15) is 4.31 Å². The number of hydrogen-bond acceptors (Lipinski definition) is 4. The Bertz CT molecular complexity index is 618. The first-order chi connectivity index (χ1) is 11.0. The summed E-state index contributed by atoms with van der Waals surface area (Å²) >= 11 is 0. The summed E-state index contributed by atoms with van der Waals surface area (Å²) in [6.45, 7) is 6.06. The van der Waals surface area contributed by atoms with E-state index >= 15 is 0 Å². The fourth-order valence-corrected chi connectivity index (χ4v) is 5.59. The molecule has 0 spiro atoms. The van der Waals surface area contributed by atoms with Gasteiger partial charge in [-0.3, -0.25) is 0 Å². The second kappa shape index (κ2) is 6.95. The second-order valence-electron chi connectivity index (χ2n) is 6.92. The van der Waals surface area contributed by atoms with Crippen molar-refractivity contribution in [3.05, 3.63) is 23.7 Å². The maximum absolute atomic E-state index is 12.9. The van der Waals surface area contributed by atoms with Gasteiger partial charge in [0, 0.05) is 19.6 Å². The van der Waals surface area contributed by atoms with Crippen LogP contribution in [0.3, 0.4) is 0 Å². The number of furan rings is 1. The van der Waals surface area contributed by atoms with Crippen molar-refractivity contribution in [2.45, 2.75) is 45.6 Å². The first kappa shape index (κ1) is 17.0. The van der Waals surface area contributed by atoms with Crippen molar-refractivity contribution in [3.63, 3.8) is 0 Å². The molecule has 0 N–H and O–H groups in total. The molecular formula is C17H27NO4S. The minimum atomic E-state index is -3.29. The molecule has 0 radical (unpaired) electrons. The minimum Gasteiger partial charge on any atom is -0.464 e. The number of rotatable bonds is 5. The van der Waals surface area contributed by atoms with Crippen LogP contribution in [0.2, 0.25) is 0 Å². The van der Waals surface area contributed by atoms with E-state index in [0.29, 0.717) is 25.7 Å². The molecule has 0 saturated carbocycles. The highest BCUT2D eigenvalue weighted by atomic mass is 32.2. The van der Waals surface area contributed by atoms with Gasteiger partial charge in [0.1, 0.15) is 11.5 Å². The second-order valence-corrected chi connectivity index (χ2v) is 8.89. The quantitative estimate of drug-likeness (QED) is 0.826. The van der Waals surface area contributed by atoms with Gasteiger partial charge >= 0.3 is 0 Å². The Labute approximate surface area is 139 Å². The molecule has 130 valence electrons. The highest BCUT2D eigenvalue weighted by Crippen LogP contribution is 2.37. The smallest absolute Gasteiger partial charge is 0.215 e. The highest BCUT2D eigenvalue weighted by Gasteiger charge is 2.38. The summed E-state index contributed by atoms with van der Waals surface area (Å²) in [6.07, 6.45) is 3.42. The predicted molar refractivity (Wildman–Crippen MR) is 88.6 cm³/mol. The lowest BCUT2D eigenvalue weighted by molar-refractivity contribution is 0.179. The third kappa shape index (κ3) is 3.80. The molecule has 23 heavy (non-hydrogen) atoms. The van der Waals surface area contributed by atoms with Crippen molar-refractivity contribution in [2.24, 2.45) is 11.8 Å². The lowest BCUT2D eigenvalue weighted by Crippen LogP contribution is -2.42. The van der Waals surface area contributed by atoms with Gasteiger partial charge in [-0.05, 0) is 43.2 Å². The Kier molecular flexibility index (Phi) is 5.13. The van der Waals surface area contributed by atoms with Gasteiger partial charge in [0.15, 0.2) is 0 Å². The van der Waals surface area contributed by atoms with Gasteiger partial charge in [0.25, 0.3) is 0 Å². The van der Waals surface area contributed by atoms with Crippen LogP contribution in [0.25, 0.3) is 0 Å². The number of piperidine rings is 1. The van der Waals surface area contributed by atoms with E-state index in [0.717, 1.165) is 37.2 Å². The fraction of sp³-hybridized carbons (Fsp3) is 0.765. The zero-order valence-electron chi connectivity index (χ0n) is 14.0. The summed E-state index contributed by atoms with van der Waals surface area (Å²) in [5.74, 6) is 2.54. The Balaban J connectivity index is 1.81. The molecule has 0 aromatic carbocycles. The summed E-state index contributed by atoms with van der Waals surface area (Å²) in [4.78, 5) is 0. The molecule has 2 aliphatic rings. The molecule has 0 amide bonds. The van der Waals surface area contributed by atoms with Gasteiger partial charge in [-0.25, -0.2) is 8.42 Å². The molecule has 1 aromatic heterocycles. The first-order valence-electron chi connectivity index (χ1n) is 8.65. The molecule has 0 aliphatic carbocycles. The van der Waals surface area contributed by atoms with Crippen LogP contribution in [0.1, 0.15) is 50.7 Å². The van der Waals surface area contributed by atoms with Crippen molar-refractivity contribution in [3.8, 4) is 0 Å². The molecule has 2 aliphatic heterocycles. The summed E-state index contributed by atoms with van der Waals surface area (Å²) in [5, 5.41) is 0. The fourth-order valence-electron chi connectivity index (χ4n) is 3.58. The van der Waals surface area contributed by atoms with Crippen molar-refractivity contribution in [1.29, 1.82) is 0 Å². The molecule has 2 saturated heterocycles. The number of ether oxygens (including phenoxy) is 1. The molecule has 3 heterocycles. The molecule has 0 unspecified atom stereocenters. The van der Waals surface area contributed by atoms with Crippen molar-refractivity contribution in [2.75, 3.05) is 25.5 Å². The van der Waals surface area contributed by atoms with Crippen LogP contribution in [0, 0.1) is 11.8 Å². The Morgan fingerprint density at radius 2 is 2.13 bits per heavy atom. The zero-order valence-corrected chi connectivity index (χ0v) is 14.8. The van der Waals surface area contributed by atoms with Gasteiger partial charge in [0.05, 0.1) is 18.4 Å². The van der Waals surface area contributed by atoms with Crippen molar-refractivity contribution < 1.29 is 17.6 Å². The minimum absolute atomic E-state index is 0.128. The summed E-state index contributed by atoms with van der Waals surface area (Å²) in [7, 11) is -3.29. The molecule has 1 aromatic rings. The summed E-state index contributed by atoms with van der Waals surface area (Å²) in [6, 6.07) is 3.75. The maximum atomic E-state index is 12.9. The summed E-state index contributed by atoms with van der Waals surface area (Å²) in [5.41, 5.74) is 0. The number of hydrogen-bond donors (Lipinski definition) is 0. The van der Waals surface area contributed by atoms with E-state index in [9.17, 15) is 8.42 Å². The third-order valence-electron chi connectivity index (χ3n) is 5.00. The number of sulfonamides is 1. The standard InChI is InChI=1S/C17H27NO4S/c1-3-15-4-5-17(22-15)16-10-13(2)6-8-18(16)23(19,20)12-14-7-9-21-11-14/h4-5,13-14,16H,3,6-12H2,1-2H3/t13-,14-,16-/m0/s1. The molecule has 5 nitrogen and oxygen atoms in total. The average molecular weight is 341 g/mol. The maximum Gasteiger partial charge on any atom is 0.215 e. The van der Waals surface area contributed by atoms with Crippen LogP contribution < -0.4 is 0 Å². The monoisotopic (exact) mass is 341 g/mol. The van der Waals surface area contributed by atoms with Gasteiger partial charge in [-0.15, -0.1) is 0 Å². The molecule has 0 bridgehead atoms. The largest absolute Gasteiger partial charge is 0.464 e.